The van der Waals surface area contributed by atoms with Crippen LogP contribution in [0.3, 0.4) is 0 Å². The molecule has 0 saturated carbocycles. The van der Waals surface area contributed by atoms with Crippen molar-refractivity contribution < 1.29 is 24.7 Å². The van der Waals surface area contributed by atoms with Crippen molar-refractivity contribution in [2.75, 3.05) is 23.3 Å². The van der Waals surface area contributed by atoms with Gasteiger partial charge in [0.2, 0.25) is 0 Å². The summed E-state index contributed by atoms with van der Waals surface area (Å²) in [7, 11) is 0. The molecule has 2 aromatic rings. The molecule has 4 N–H and O–H groups in total. The van der Waals surface area contributed by atoms with Gasteiger partial charge in [0.15, 0.2) is 5.11 Å². The number of nitro benzene ring substituents is 1. The molecule has 0 aromatic heterocycles. The third kappa shape index (κ3) is 5.11. The number of carbonyl (C=O) groups excluding carboxylic acids is 1. The maximum atomic E-state index is 13.0. The van der Waals surface area contributed by atoms with E-state index in [1.54, 1.807) is 6.07 Å². The first-order valence-corrected chi connectivity index (χ1v) is 10.3. The SMILES string of the molecule is Cc1cc(NC(=S)NC(=O)c2cc([N+](=O)[O-])ccc2N2CCCCC2)cc(C(=O)O)c1O. The molecule has 1 saturated heterocycles. The van der Waals surface area contributed by atoms with E-state index >= 15 is 0 Å². The van der Waals surface area contributed by atoms with E-state index in [0.717, 1.165) is 32.4 Å². The first-order valence-electron chi connectivity index (χ1n) is 9.90. The molecule has 1 fully saturated rings. The van der Waals surface area contributed by atoms with E-state index in [9.17, 15) is 29.9 Å². The summed E-state index contributed by atoms with van der Waals surface area (Å²) in [5.41, 5.74) is 0.760. The lowest BCUT2D eigenvalue weighted by atomic mass is 10.1. The predicted octanol–water partition coefficient (Wildman–Crippen LogP) is 3.42. The van der Waals surface area contributed by atoms with Crippen LogP contribution in [0.15, 0.2) is 30.3 Å². The van der Waals surface area contributed by atoms with Crippen molar-refractivity contribution in [3.63, 3.8) is 0 Å². The van der Waals surface area contributed by atoms with E-state index in [4.69, 9.17) is 12.2 Å². The van der Waals surface area contributed by atoms with Crippen LogP contribution in [-0.4, -0.2) is 45.2 Å². The number of aryl methyl sites for hydroxylation is 1. The van der Waals surface area contributed by atoms with Gasteiger partial charge in [0, 0.05) is 30.9 Å². The minimum Gasteiger partial charge on any atom is -0.507 e. The van der Waals surface area contributed by atoms with Crippen LogP contribution in [-0.2, 0) is 0 Å². The van der Waals surface area contributed by atoms with E-state index in [1.807, 2.05) is 4.90 Å². The van der Waals surface area contributed by atoms with Crippen molar-refractivity contribution in [1.82, 2.24) is 5.32 Å². The number of thiocarbonyl (C=S) groups is 1. The third-order valence-electron chi connectivity index (χ3n) is 5.15. The standard InChI is InChI=1S/C21H22N4O6S/c1-12-9-13(10-16(18(12)26)20(28)29)22-21(32)23-19(27)15-11-14(25(30)31)5-6-17(15)24-7-3-2-4-8-24/h5-6,9-11,26H,2-4,7-8H2,1H3,(H,28,29)(H2,22,23,27,32). The second-order valence-electron chi connectivity index (χ2n) is 7.41. The zero-order valence-corrected chi connectivity index (χ0v) is 18.1. The molecule has 168 valence electrons. The Labute approximate surface area is 189 Å². The number of anilines is 2. The molecule has 1 aliphatic heterocycles. The summed E-state index contributed by atoms with van der Waals surface area (Å²) in [6.07, 6.45) is 3.01. The van der Waals surface area contributed by atoms with Gasteiger partial charge in [0.05, 0.1) is 16.2 Å². The van der Waals surface area contributed by atoms with Gasteiger partial charge < -0.3 is 20.4 Å². The number of non-ortho nitro benzene ring substituents is 1. The average Bonchev–Trinajstić information content (AvgIpc) is 2.75. The predicted molar refractivity (Wildman–Crippen MR) is 123 cm³/mol. The van der Waals surface area contributed by atoms with Crippen LogP contribution >= 0.6 is 12.2 Å². The van der Waals surface area contributed by atoms with Crippen molar-refractivity contribution >= 4 is 46.3 Å². The Kier molecular flexibility index (Phi) is 6.89. The molecule has 0 atom stereocenters. The molecule has 1 heterocycles. The zero-order chi connectivity index (χ0) is 23.4. The highest BCUT2D eigenvalue weighted by Crippen LogP contribution is 2.29. The summed E-state index contributed by atoms with van der Waals surface area (Å²) >= 11 is 5.18. The van der Waals surface area contributed by atoms with Crippen LogP contribution in [0.4, 0.5) is 17.1 Å². The number of hydrogen-bond acceptors (Lipinski definition) is 7. The molecule has 2 aromatic carbocycles. The molecule has 11 heteroatoms. The normalized spacial score (nSPS) is 13.3. The summed E-state index contributed by atoms with van der Waals surface area (Å²) in [4.78, 5) is 36.9. The van der Waals surface area contributed by atoms with Crippen molar-refractivity contribution in [2.24, 2.45) is 0 Å². The molecule has 32 heavy (non-hydrogen) atoms. The number of nitrogens with one attached hydrogen (secondary N) is 2. The number of piperidine rings is 1. The number of carboxylic acid groups (broad SMARTS) is 1. The van der Waals surface area contributed by atoms with Crippen LogP contribution in [0.25, 0.3) is 0 Å². The molecule has 1 aliphatic rings. The van der Waals surface area contributed by atoms with Crippen molar-refractivity contribution in [3.8, 4) is 5.75 Å². The number of aromatic carboxylic acids is 1. The second kappa shape index (κ2) is 9.60. The molecule has 0 bridgehead atoms. The van der Waals surface area contributed by atoms with E-state index in [-0.39, 0.29) is 33.4 Å². The molecule has 1 amide bonds. The molecular weight excluding hydrogens is 436 g/mol. The Balaban J connectivity index is 1.83. The lowest BCUT2D eigenvalue weighted by Crippen LogP contribution is -2.36. The minimum absolute atomic E-state index is 0.118. The number of nitro groups is 1. The summed E-state index contributed by atoms with van der Waals surface area (Å²) in [6, 6.07) is 6.82. The summed E-state index contributed by atoms with van der Waals surface area (Å²) in [5.74, 6) is -2.30. The Hall–Kier alpha value is -3.73. The van der Waals surface area contributed by atoms with Crippen molar-refractivity contribution in [3.05, 3.63) is 57.1 Å². The van der Waals surface area contributed by atoms with Crippen molar-refractivity contribution in [1.29, 1.82) is 0 Å². The number of carbonyl (C=O) groups is 2. The molecule has 3 rings (SSSR count). The van der Waals surface area contributed by atoms with Crippen LogP contribution in [0.1, 0.15) is 45.5 Å². The minimum atomic E-state index is -1.31. The lowest BCUT2D eigenvalue weighted by molar-refractivity contribution is -0.384. The number of benzene rings is 2. The highest BCUT2D eigenvalue weighted by atomic mass is 32.1. The Morgan fingerprint density at radius 3 is 2.44 bits per heavy atom. The Bertz CT molecular complexity index is 1100. The number of aromatic hydroxyl groups is 1. The van der Waals surface area contributed by atoms with Crippen LogP contribution in [0, 0.1) is 17.0 Å². The smallest absolute Gasteiger partial charge is 0.339 e. The first-order chi connectivity index (χ1) is 15.2. The van der Waals surface area contributed by atoms with E-state index in [0.29, 0.717) is 11.3 Å². The highest BCUT2D eigenvalue weighted by Gasteiger charge is 2.23. The fraction of sp³-hybridized carbons (Fsp3) is 0.286. The van der Waals surface area contributed by atoms with Crippen LogP contribution in [0.5, 0.6) is 5.75 Å². The molecule has 0 spiro atoms. The van der Waals surface area contributed by atoms with Gasteiger partial charge in [-0.25, -0.2) is 4.79 Å². The lowest BCUT2D eigenvalue weighted by Gasteiger charge is -2.30. The van der Waals surface area contributed by atoms with Gasteiger partial charge in [-0.15, -0.1) is 0 Å². The van der Waals surface area contributed by atoms with Gasteiger partial charge in [-0.1, -0.05) is 0 Å². The molecule has 0 aliphatic carbocycles. The van der Waals surface area contributed by atoms with Crippen molar-refractivity contribution in [2.45, 2.75) is 26.2 Å². The second-order valence-corrected chi connectivity index (χ2v) is 7.82. The topological polar surface area (TPSA) is 145 Å². The number of rotatable bonds is 5. The Morgan fingerprint density at radius 2 is 1.81 bits per heavy atom. The van der Waals surface area contributed by atoms with E-state index in [2.05, 4.69) is 10.6 Å². The highest BCUT2D eigenvalue weighted by molar-refractivity contribution is 7.80. The number of carboxylic acids is 1. The van der Waals surface area contributed by atoms with Crippen LogP contribution < -0.4 is 15.5 Å². The molecule has 0 unspecified atom stereocenters. The van der Waals surface area contributed by atoms with Gasteiger partial charge in [0.25, 0.3) is 11.6 Å². The number of amides is 1. The van der Waals surface area contributed by atoms with E-state index < -0.39 is 16.8 Å². The fourth-order valence-electron chi connectivity index (χ4n) is 3.58. The van der Waals surface area contributed by atoms with Gasteiger partial charge in [-0.05, 0) is 62.2 Å². The van der Waals surface area contributed by atoms with E-state index in [1.165, 1.54) is 31.2 Å². The molecule has 10 nitrogen and oxygen atoms in total. The van der Waals surface area contributed by atoms with Crippen LogP contribution in [0.2, 0.25) is 0 Å². The number of nitrogens with zero attached hydrogens (tertiary/aromatic N) is 2. The summed E-state index contributed by atoms with van der Waals surface area (Å²) in [5, 5.41) is 35.4. The maximum absolute atomic E-state index is 13.0. The van der Waals surface area contributed by atoms with Gasteiger partial charge >= 0.3 is 5.97 Å². The fourth-order valence-corrected chi connectivity index (χ4v) is 3.79. The van der Waals surface area contributed by atoms with Gasteiger partial charge in [0.1, 0.15) is 11.3 Å². The maximum Gasteiger partial charge on any atom is 0.339 e. The Morgan fingerprint density at radius 1 is 1.12 bits per heavy atom. The van der Waals surface area contributed by atoms with Gasteiger partial charge in [-0.3, -0.25) is 20.2 Å². The van der Waals surface area contributed by atoms with Gasteiger partial charge in [-0.2, -0.15) is 0 Å². The zero-order valence-electron chi connectivity index (χ0n) is 17.3. The largest absolute Gasteiger partial charge is 0.507 e. The summed E-state index contributed by atoms with van der Waals surface area (Å²) in [6.45, 7) is 3.01. The quantitative estimate of drug-likeness (QED) is 0.229. The monoisotopic (exact) mass is 458 g/mol. The molecular formula is C21H22N4O6S. The molecule has 0 radical (unpaired) electrons. The third-order valence-corrected chi connectivity index (χ3v) is 5.35. The number of phenols is 1. The summed E-state index contributed by atoms with van der Waals surface area (Å²) < 4.78 is 0. The first kappa shape index (κ1) is 22.9. The average molecular weight is 458 g/mol. The number of hydrogen-bond donors (Lipinski definition) is 4.